The molecular formula is C13H27ClN2O. The molecule has 0 saturated heterocycles. The summed E-state index contributed by atoms with van der Waals surface area (Å²) in [6, 6.07) is -0.0316. The number of nitrogens with one attached hydrogen (secondary N) is 1. The monoisotopic (exact) mass is 262 g/mol. The first-order valence-electron chi connectivity index (χ1n) is 6.64. The van der Waals surface area contributed by atoms with Crippen molar-refractivity contribution in [2.75, 3.05) is 6.54 Å². The van der Waals surface area contributed by atoms with E-state index in [-0.39, 0.29) is 24.4 Å². The summed E-state index contributed by atoms with van der Waals surface area (Å²) in [5.41, 5.74) is 5.58. The first kappa shape index (κ1) is 16.7. The number of hydrogen-bond acceptors (Lipinski definition) is 2. The molecular weight excluding hydrogens is 236 g/mol. The van der Waals surface area contributed by atoms with Crippen molar-refractivity contribution in [3.8, 4) is 0 Å². The SMILES string of the molecule is CCC1CCC(CNC(=O)CC(C)N)CC1.Cl. The Balaban J connectivity index is 0.00000256. The van der Waals surface area contributed by atoms with Gasteiger partial charge in [0.15, 0.2) is 0 Å². The van der Waals surface area contributed by atoms with E-state index in [1.165, 1.54) is 32.1 Å². The molecule has 0 aliphatic heterocycles. The standard InChI is InChI=1S/C13H26N2O.ClH/c1-3-11-4-6-12(7-5-11)9-15-13(16)8-10(2)14;/h10-12H,3-9,14H2,1-2H3,(H,15,16);1H. The molecule has 0 heterocycles. The second-order valence-electron chi connectivity index (χ2n) is 5.28. The maximum Gasteiger partial charge on any atom is 0.221 e. The molecule has 102 valence electrons. The zero-order valence-electron chi connectivity index (χ0n) is 11.1. The summed E-state index contributed by atoms with van der Waals surface area (Å²) < 4.78 is 0. The molecule has 1 unspecified atom stereocenters. The van der Waals surface area contributed by atoms with E-state index >= 15 is 0 Å². The number of rotatable bonds is 5. The van der Waals surface area contributed by atoms with Gasteiger partial charge in [-0.25, -0.2) is 0 Å². The van der Waals surface area contributed by atoms with Crippen LogP contribution in [0.3, 0.4) is 0 Å². The van der Waals surface area contributed by atoms with Gasteiger partial charge in [0.05, 0.1) is 0 Å². The number of amides is 1. The summed E-state index contributed by atoms with van der Waals surface area (Å²) in [5.74, 6) is 1.73. The molecule has 1 rings (SSSR count). The first-order chi connectivity index (χ1) is 7.61. The van der Waals surface area contributed by atoms with Crippen LogP contribution in [0.4, 0.5) is 0 Å². The zero-order valence-corrected chi connectivity index (χ0v) is 11.9. The Morgan fingerprint density at radius 2 is 1.82 bits per heavy atom. The van der Waals surface area contributed by atoms with Crippen LogP contribution in [-0.2, 0) is 4.79 Å². The average molecular weight is 263 g/mol. The molecule has 4 heteroatoms. The normalized spacial score (nSPS) is 25.8. The van der Waals surface area contributed by atoms with Crippen LogP contribution in [0.5, 0.6) is 0 Å². The highest BCUT2D eigenvalue weighted by Crippen LogP contribution is 2.29. The van der Waals surface area contributed by atoms with Crippen LogP contribution in [-0.4, -0.2) is 18.5 Å². The topological polar surface area (TPSA) is 55.1 Å². The summed E-state index contributed by atoms with van der Waals surface area (Å²) in [7, 11) is 0. The van der Waals surface area contributed by atoms with Gasteiger partial charge in [-0.3, -0.25) is 4.79 Å². The summed E-state index contributed by atoms with van der Waals surface area (Å²) in [4.78, 5) is 11.4. The van der Waals surface area contributed by atoms with E-state index in [1.807, 2.05) is 6.92 Å². The minimum Gasteiger partial charge on any atom is -0.356 e. The van der Waals surface area contributed by atoms with Crippen LogP contribution >= 0.6 is 12.4 Å². The van der Waals surface area contributed by atoms with Gasteiger partial charge in [-0.15, -0.1) is 12.4 Å². The van der Waals surface area contributed by atoms with Gasteiger partial charge >= 0.3 is 0 Å². The summed E-state index contributed by atoms with van der Waals surface area (Å²) >= 11 is 0. The lowest BCUT2D eigenvalue weighted by Crippen LogP contribution is -2.34. The lowest BCUT2D eigenvalue weighted by atomic mass is 9.81. The number of halogens is 1. The van der Waals surface area contributed by atoms with Gasteiger partial charge < -0.3 is 11.1 Å². The highest BCUT2D eigenvalue weighted by Gasteiger charge is 2.20. The van der Waals surface area contributed by atoms with Crippen molar-refractivity contribution >= 4 is 18.3 Å². The van der Waals surface area contributed by atoms with Crippen molar-refractivity contribution in [1.82, 2.24) is 5.32 Å². The quantitative estimate of drug-likeness (QED) is 0.800. The van der Waals surface area contributed by atoms with Crippen LogP contribution < -0.4 is 11.1 Å². The molecule has 0 aromatic carbocycles. The molecule has 1 fully saturated rings. The molecule has 0 aromatic rings. The molecule has 1 atom stereocenters. The Morgan fingerprint density at radius 3 is 2.29 bits per heavy atom. The summed E-state index contributed by atoms with van der Waals surface area (Å²) in [6.45, 7) is 4.99. The van der Waals surface area contributed by atoms with E-state index in [0.29, 0.717) is 12.3 Å². The van der Waals surface area contributed by atoms with Gasteiger partial charge in [0.1, 0.15) is 0 Å². The maximum atomic E-state index is 11.4. The number of carbonyl (C=O) groups excluding carboxylic acids is 1. The summed E-state index contributed by atoms with van der Waals surface area (Å²) in [6.07, 6.45) is 6.98. The molecule has 1 aliphatic carbocycles. The fourth-order valence-electron chi connectivity index (χ4n) is 2.47. The second kappa shape index (κ2) is 8.76. The summed E-state index contributed by atoms with van der Waals surface area (Å²) in [5, 5.41) is 3.00. The Labute approximate surface area is 111 Å². The van der Waals surface area contributed by atoms with Crippen molar-refractivity contribution in [2.45, 2.75) is 58.4 Å². The fourth-order valence-corrected chi connectivity index (χ4v) is 2.47. The Kier molecular flexibility index (Phi) is 8.61. The number of carbonyl (C=O) groups is 1. The smallest absolute Gasteiger partial charge is 0.221 e. The predicted molar refractivity (Wildman–Crippen MR) is 74.3 cm³/mol. The van der Waals surface area contributed by atoms with Gasteiger partial charge in [-0.1, -0.05) is 26.2 Å². The molecule has 3 N–H and O–H groups in total. The number of nitrogens with two attached hydrogens (primary N) is 1. The minimum atomic E-state index is -0.0316. The van der Waals surface area contributed by atoms with Crippen molar-refractivity contribution in [1.29, 1.82) is 0 Å². The zero-order chi connectivity index (χ0) is 12.0. The van der Waals surface area contributed by atoms with Crippen molar-refractivity contribution in [3.63, 3.8) is 0 Å². The molecule has 3 nitrogen and oxygen atoms in total. The molecule has 17 heavy (non-hydrogen) atoms. The Morgan fingerprint density at radius 1 is 1.29 bits per heavy atom. The molecule has 1 aliphatic rings. The van der Waals surface area contributed by atoms with E-state index < -0.39 is 0 Å². The van der Waals surface area contributed by atoms with Gasteiger partial charge in [0, 0.05) is 19.0 Å². The van der Waals surface area contributed by atoms with E-state index in [9.17, 15) is 4.79 Å². The molecule has 0 bridgehead atoms. The fraction of sp³-hybridized carbons (Fsp3) is 0.923. The average Bonchev–Trinajstić information content (AvgIpc) is 2.26. The van der Waals surface area contributed by atoms with Gasteiger partial charge in [-0.2, -0.15) is 0 Å². The number of hydrogen-bond donors (Lipinski definition) is 2. The third kappa shape index (κ3) is 6.89. The van der Waals surface area contributed by atoms with Crippen LogP contribution in [0.1, 0.15) is 52.4 Å². The maximum absolute atomic E-state index is 11.4. The highest BCUT2D eigenvalue weighted by atomic mass is 35.5. The van der Waals surface area contributed by atoms with Gasteiger partial charge in [0.25, 0.3) is 0 Å². The largest absolute Gasteiger partial charge is 0.356 e. The van der Waals surface area contributed by atoms with Crippen molar-refractivity contribution in [2.24, 2.45) is 17.6 Å². The van der Waals surface area contributed by atoms with E-state index in [4.69, 9.17) is 5.73 Å². The van der Waals surface area contributed by atoms with Crippen molar-refractivity contribution < 1.29 is 4.79 Å². The molecule has 1 amide bonds. The minimum absolute atomic E-state index is 0. The molecule has 0 radical (unpaired) electrons. The van der Waals surface area contributed by atoms with Crippen molar-refractivity contribution in [3.05, 3.63) is 0 Å². The van der Waals surface area contributed by atoms with Crippen LogP contribution in [0.25, 0.3) is 0 Å². The molecule has 0 spiro atoms. The van der Waals surface area contributed by atoms with Crippen LogP contribution in [0.2, 0.25) is 0 Å². The lowest BCUT2D eigenvalue weighted by Gasteiger charge is -2.27. The van der Waals surface area contributed by atoms with Gasteiger partial charge in [-0.05, 0) is 31.6 Å². The Hall–Kier alpha value is -0.280. The highest BCUT2D eigenvalue weighted by molar-refractivity contribution is 5.85. The van der Waals surface area contributed by atoms with Crippen LogP contribution in [0.15, 0.2) is 0 Å². The van der Waals surface area contributed by atoms with E-state index in [2.05, 4.69) is 12.2 Å². The van der Waals surface area contributed by atoms with E-state index in [1.54, 1.807) is 0 Å². The lowest BCUT2D eigenvalue weighted by molar-refractivity contribution is -0.121. The molecule has 1 saturated carbocycles. The van der Waals surface area contributed by atoms with Gasteiger partial charge in [0.2, 0.25) is 5.91 Å². The Bertz CT molecular complexity index is 213. The predicted octanol–water partition coefficient (Wildman–Crippen LogP) is 2.48. The molecule has 0 aromatic heterocycles. The van der Waals surface area contributed by atoms with Crippen LogP contribution in [0, 0.1) is 11.8 Å². The third-order valence-electron chi connectivity index (χ3n) is 3.64. The van der Waals surface area contributed by atoms with E-state index in [0.717, 1.165) is 12.5 Å². The first-order valence-corrected chi connectivity index (χ1v) is 6.64. The second-order valence-corrected chi connectivity index (χ2v) is 5.28. The third-order valence-corrected chi connectivity index (χ3v) is 3.64.